The summed E-state index contributed by atoms with van der Waals surface area (Å²) in [6, 6.07) is 5.28. The number of unbranched alkanes of at least 4 members (excludes halogenated alkanes) is 1. The summed E-state index contributed by atoms with van der Waals surface area (Å²) in [4.78, 5) is 28.3. The Kier molecular flexibility index (Phi) is 6.14. The summed E-state index contributed by atoms with van der Waals surface area (Å²) in [5.41, 5.74) is -0.592. The van der Waals surface area contributed by atoms with Crippen LogP contribution in [0.1, 0.15) is 40.0 Å². The molecule has 1 aromatic rings. The highest BCUT2D eigenvalue weighted by Crippen LogP contribution is 2.16. The number of ether oxygens (including phenoxy) is 1. The molecule has 0 radical (unpaired) electrons. The molecule has 0 spiro atoms. The third-order valence-electron chi connectivity index (χ3n) is 2.56. The molecule has 1 aromatic heterocycles. The van der Waals surface area contributed by atoms with Gasteiger partial charge in [0.15, 0.2) is 0 Å². The Hall–Kier alpha value is -2.11. The monoisotopic (exact) mass is 294 g/mol. The molecule has 1 amide bonds. The second-order valence-electron chi connectivity index (χ2n) is 5.67. The van der Waals surface area contributed by atoms with E-state index in [1.165, 1.54) is 4.90 Å². The fourth-order valence-corrected chi connectivity index (χ4v) is 1.68. The first-order valence-corrected chi connectivity index (χ1v) is 6.93. The average Bonchev–Trinajstić information content (AvgIpc) is 2.37. The van der Waals surface area contributed by atoms with Crippen LogP contribution in [0.15, 0.2) is 24.4 Å². The van der Waals surface area contributed by atoms with Crippen molar-refractivity contribution in [2.45, 2.75) is 45.6 Å². The summed E-state index contributed by atoms with van der Waals surface area (Å²) in [6.45, 7) is 5.77. The first-order valence-electron chi connectivity index (χ1n) is 6.93. The van der Waals surface area contributed by atoms with Crippen LogP contribution in [-0.2, 0) is 9.53 Å². The first-order chi connectivity index (χ1) is 9.79. The van der Waals surface area contributed by atoms with E-state index in [-0.39, 0.29) is 6.42 Å². The molecule has 1 heterocycles. The number of carbonyl (C=O) groups excluding carboxylic acids is 1. The second-order valence-corrected chi connectivity index (χ2v) is 5.67. The van der Waals surface area contributed by atoms with Crippen LogP contribution in [0, 0.1) is 0 Å². The lowest BCUT2D eigenvalue weighted by atomic mass is 10.2. The van der Waals surface area contributed by atoms with E-state index in [2.05, 4.69) is 4.98 Å². The minimum atomic E-state index is -0.836. The van der Waals surface area contributed by atoms with Gasteiger partial charge in [-0.05, 0) is 45.7 Å². The summed E-state index contributed by atoms with van der Waals surface area (Å²) >= 11 is 0. The molecule has 116 valence electrons. The highest BCUT2D eigenvalue weighted by atomic mass is 16.6. The van der Waals surface area contributed by atoms with Crippen LogP contribution in [-0.4, -0.2) is 34.3 Å². The Morgan fingerprint density at radius 1 is 1.29 bits per heavy atom. The molecular weight excluding hydrogens is 272 g/mol. The SMILES string of the molecule is CC(C)(C)OC(=O)N(CCCCC(=O)O)c1ccccn1. The predicted octanol–water partition coefficient (Wildman–Crippen LogP) is 3.08. The van der Waals surface area contributed by atoms with Gasteiger partial charge in [-0.3, -0.25) is 9.69 Å². The number of rotatable bonds is 6. The normalized spacial score (nSPS) is 11.0. The summed E-state index contributed by atoms with van der Waals surface area (Å²) < 4.78 is 5.36. The van der Waals surface area contributed by atoms with E-state index in [4.69, 9.17) is 9.84 Å². The highest BCUT2D eigenvalue weighted by Gasteiger charge is 2.23. The average molecular weight is 294 g/mol. The number of anilines is 1. The molecule has 6 nitrogen and oxygen atoms in total. The third-order valence-corrected chi connectivity index (χ3v) is 2.56. The third kappa shape index (κ3) is 6.74. The molecule has 0 bridgehead atoms. The maximum absolute atomic E-state index is 12.2. The molecule has 1 rings (SSSR count). The smallest absolute Gasteiger partial charge is 0.416 e. The number of amides is 1. The molecule has 6 heteroatoms. The van der Waals surface area contributed by atoms with Crippen molar-refractivity contribution < 1.29 is 19.4 Å². The quantitative estimate of drug-likeness (QED) is 0.815. The van der Waals surface area contributed by atoms with Gasteiger partial charge in [-0.25, -0.2) is 9.78 Å². The van der Waals surface area contributed by atoms with Crippen molar-refractivity contribution in [1.29, 1.82) is 0 Å². The first kappa shape index (κ1) is 16.9. The van der Waals surface area contributed by atoms with Gasteiger partial charge in [0.2, 0.25) is 0 Å². The number of hydrogen-bond acceptors (Lipinski definition) is 4. The standard InChI is InChI=1S/C15H22N2O4/c1-15(2,3)21-14(20)17(11-7-5-9-13(18)19)12-8-4-6-10-16-12/h4,6,8,10H,5,7,9,11H2,1-3H3,(H,18,19). The summed E-state index contributed by atoms with van der Waals surface area (Å²) in [5.74, 6) is -0.335. The van der Waals surface area contributed by atoms with Crippen molar-refractivity contribution >= 4 is 17.9 Å². The van der Waals surface area contributed by atoms with Gasteiger partial charge in [0.05, 0.1) is 0 Å². The maximum atomic E-state index is 12.2. The molecule has 0 aromatic carbocycles. The lowest BCUT2D eigenvalue weighted by Gasteiger charge is -2.26. The molecule has 0 aliphatic rings. The van der Waals surface area contributed by atoms with Gasteiger partial charge in [0.25, 0.3) is 0 Å². The Labute approximate surface area is 124 Å². The molecule has 0 unspecified atom stereocenters. The zero-order valence-electron chi connectivity index (χ0n) is 12.7. The van der Waals surface area contributed by atoms with Crippen LogP contribution in [0.5, 0.6) is 0 Å². The van der Waals surface area contributed by atoms with Crippen molar-refractivity contribution in [1.82, 2.24) is 4.98 Å². The van der Waals surface area contributed by atoms with Gasteiger partial charge >= 0.3 is 12.1 Å². The number of aromatic nitrogens is 1. The number of carboxylic acid groups (broad SMARTS) is 1. The molecule has 0 atom stereocenters. The summed E-state index contributed by atoms with van der Waals surface area (Å²) in [7, 11) is 0. The van der Waals surface area contributed by atoms with E-state index < -0.39 is 17.7 Å². The van der Waals surface area contributed by atoms with Crippen molar-refractivity contribution in [2.24, 2.45) is 0 Å². The Balaban J connectivity index is 2.71. The largest absolute Gasteiger partial charge is 0.481 e. The summed E-state index contributed by atoms with van der Waals surface area (Å²) in [6.07, 6.45) is 2.29. The number of carboxylic acids is 1. The van der Waals surface area contributed by atoms with E-state index in [1.54, 1.807) is 45.2 Å². The lowest BCUT2D eigenvalue weighted by Crippen LogP contribution is -2.38. The van der Waals surface area contributed by atoms with Gasteiger partial charge in [-0.15, -0.1) is 0 Å². The van der Waals surface area contributed by atoms with Gasteiger partial charge in [0, 0.05) is 19.2 Å². The Morgan fingerprint density at radius 2 is 2.00 bits per heavy atom. The fourth-order valence-electron chi connectivity index (χ4n) is 1.68. The van der Waals surface area contributed by atoms with Gasteiger partial charge in [0.1, 0.15) is 11.4 Å². The number of carbonyl (C=O) groups is 2. The van der Waals surface area contributed by atoms with Crippen LogP contribution in [0.2, 0.25) is 0 Å². The number of hydrogen-bond donors (Lipinski definition) is 1. The van der Waals surface area contributed by atoms with Gasteiger partial charge < -0.3 is 9.84 Å². The van der Waals surface area contributed by atoms with E-state index in [0.29, 0.717) is 25.2 Å². The zero-order chi connectivity index (χ0) is 15.9. The number of pyridine rings is 1. The fraction of sp³-hybridized carbons (Fsp3) is 0.533. The highest BCUT2D eigenvalue weighted by molar-refractivity contribution is 5.86. The maximum Gasteiger partial charge on any atom is 0.416 e. The van der Waals surface area contributed by atoms with E-state index in [1.807, 2.05) is 0 Å². The minimum absolute atomic E-state index is 0.0877. The predicted molar refractivity (Wildman–Crippen MR) is 79.3 cm³/mol. The molecule has 0 aliphatic carbocycles. The number of aliphatic carboxylic acids is 1. The molecule has 0 saturated heterocycles. The molecule has 0 fully saturated rings. The van der Waals surface area contributed by atoms with Gasteiger partial charge in [-0.2, -0.15) is 0 Å². The topological polar surface area (TPSA) is 79.7 Å². The van der Waals surface area contributed by atoms with E-state index in [9.17, 15) is 9.59 Å². The van der Waals surface area contributed by atoms with Crippen molar-refractivity contribution in [2.75, 3.05) is 11.4 Å². The van der Waals surface area contributed by atoms with Crippen LogP contribution < -0.4 is 4.90 Å². The molecule has 21 heavy (non-hydrogen) atoms. The Morgan fingerprint density at radius 3 is 2.52 bits per heavy atom. The van der Waals surface area contributed by atoms with Crippen LogP contribution in [0.3, 0.4) is 0 Å². The summed E-state index contributed by atoms with van der Waals surface area (Å²) in [5, 5.41) is 8.64. The van der Waals surface area contributed by atoms with Crippen molar-refractivity contribution in [3.8, 4) is 0 Å². The van der Waals surface area contributed by atoms with Gasteiger partial charge in [-0.1, -0.05) is 6.07 Å². The van der Waals surface area contributed by atoms with E-state index in [0.717, 1.165) is 0 Å². The molecule has 1 N–H and O–H groups in total. The lowest BCUT2D eigenvalue weighted by molar-refractivity contribution is -0.137. The Bertz CT molecular complexity index is 468. The van der Waals surface area contributed by atoms with Crippen LogP contribution in [0.4, 0.5) is 10.6 Å². The van der Waals surface area contributed by atoms with Crippen LogP contribution >= 0.6 is 0 Å². The minimum Gasteiger partial charge on any atom is -0.481 e. The van der Waals surface area contributed by atoms with Crippen molar-refractivity contribution in [3.05, 3.63) is 24.4 Å². The van der Waals surface area contributed by atoms with Crippen LogP contribution in [0.25, 0.3) is 0 Å². The molecular formula is C15H22N2O4. The van der Waals surface area contributed by atoms with E-state index >= 15 is 0 Å². The van der Waals surface area contributed by atoms with Crippen molar-refractivity contribution in [3.63, 3.8) is 0 Å². The molecule has 0 aliphatic heterocycles. The molecule has 0 saturated carbocycles. The number of nitrogens with zero attached hydrogens (tertiary/aromatic N) is 2. The second kappa shape index (κ2) is 7.61. The zero-order valence-corrected chi connectivity index (χ0v) is 12.7.